The minimum Gasteiger partial charge on any atom is -0.481 e. The Morgan fingerprint density at radius 3 is 2.68 bits per heavy atom. The molecule has 3 rings (SSSR count). The van der Waals surface area contributed by atoms with Crippen molar-refractivity contribution in [2.24, 2.45) is 20.0 Å². The number of fused-ring (bicyclic) bond motifs is 1. The van der Waals surface area contributed by atoms with Crippen LogP contribution in [0.4, 0.5) is 0 Å². The third kappa shape index (κ3) is 2.83. The van der Waals surface area contributed by atoms with Crippen LogP contribution in [0.2, 0.25) is 0 Å². The molecule has 134 valence electrons. The van der Waals surface area contributed by atoms with Gasteiger partial charge in [-0.25, -0.2) is 9.78 Å². The van der Waals surface area contributed by atoms with Gasteiger partial charge in [-0.2, -0.15) is 0 Å². The molecule has 2 aromatic heterocycles. The molecule has 25 heavy (non-hydrogen) atoms. The summed E-state index contributed by atoms with van der Waals surface area (Å²) in [5.74, 6) is -1.75. The fraction of sp³-hybridized carbons (Fsp3) is 0.533. The number of aliphatic carboxylic acids is 1. The van der Waals surface area contributed by atoms with E-state index in [2.05, 4.69) is 4.98 Å². The number of carboxylic acid groups (broad SMARTS) is 1. The number of imidazole rings is 1. The molecule has 1 N–H and O–H groups in total. The summed E-state index contributed by atoms with van der Waals surface area (Å²) in [6.07, 6.45) is 2.53. The number of likely N-dealkylation sites (tertiary alicyclic amines) is 1. The third-order valence-electron chi connectivity index (χ3n) is 4.65. The Hall–Kier alpha value is -2.91. The van der Waals surface area contributed by atoms with Crippen LogP contribution in [0.5, 0.6) is 0 Å². The van der Waals surface area contributed by atoms with Crippen LogP contribution in [0.25, 0.3) is 11.2 Å². The number of rotatable bonds is 3. The SMILES string of the molecule is Cn1c(=O)c2c(ncn2CC(=O)N2CCC[C@@H](C(=O)O)C2)n(C)c1=O. The first kappa shape index (κ1) is 16.9. The largest absolute Gasteiger partial charge is 0.481 e. The van der Waals surface area contributed by atoms with Crippen molar-refractivity contribution >= 4 is 23.0 Å². The molecule has 2 aromatic rings. The topological polar surface area (TPSA) is 119 Å². The summed E-state index contributed by atoms with van der Waals surface area (Å²) in [5.41, 5.74) is -0.632. The van der Waals surface area contributed by atoms with Crippen LogP contribution in [0.15, 0.2) is 15.9 Å². The maximum absolute atomic E-state index is 12.5. The van der Waals surface area contributed by atoms with E-state index in [4.69, 9.17) is 5.11 Å². The lowest BCUT2D eigenvalue weighted by atomic mass is 9.98. The van der Waals surface area contributed by atoms with E-state index in [9.17, 15) is 19.2 Å². The highest BCUT2D eigenvalue weighted by atomic mass is 16.4. The summed E-state index contributed by atoms with van der Waals surface area (Å²) in [4.78, 5) is 53.5. The summed E-state index contributed by atoms with van der Waals surface area (Å²) < 4.78 is 3.62. The predicted octanol–water partition coefficient (Wildman–Crippen LogP) is -1.24. The molecule has 0 saturated carbocycles. The normalized spacial score (nSPS) is 17.8. The van der Waals surface area contributed by atoms with Crippen LogP contribution < -0.4 is 11.2 Å². The molecule has 0 unspecified atom stereocenters. The second kappa shape index (κ2) is 6.19. The molecule has 1 aliphatic rings. The van der Waals surface area contributed by atoms with E-state index in [0.29, 0.717) is 19.4 Å². The summed E-state index contributed by atoms with van der Waals surface area (Å²) >= 11 is 0. The van der Waals surface area contributed by atoms with E-state index >= 15 is 0 Å². The van der Waals surface area contributed by atoms with E-state index in [1.54, 1.807) is 0 Å². The Bertz CT molecular complexity index is 969. The number of carboxylic acids is 1. The summed E-state index contributed by atoms with van der Waals surface area (Å²) in [7, 11) is 2.87. The second-order valence-corrected chi connectivity index (χ2v) is 6.27. The number of hydrogen-bond donors (Lipinski definition) is 1. The molecule has 0 aromatic carbocycles. The molecule has 1 atom stereocenters. The zero-order valence-corrected chi connectivity index (χ0v) is 14.0. The zero-order valence-electron chi connectivity index (χ0n) is 14.0. The van der Waals surface area contributed by atoms with E-state index < -0.39 is 23.1 Å². The van der Waals surface area contributed by atoms with Gasteiger partial charge in [0.15, 0.2) is 11.2 Å². The van der Waals surface area contributed by atoms with Gasteiger partial charge in [0.2, 0.25) is 5.91 Å². The van der Waals surface area contributed by atoms with Gasteiger partial charge in [-0.1, -0.05) is 0 Å². The third-order valence-corrected chi connectivity index (χ3v) is 4.65. The molecule has 1 fully saturated rings. The molecular formula is C15H19N5O5. The Morgan fingerprint density at radius 2 is 2.00 bits per heavy atom. The maximum atomic E-state index is 12.5. The fourth-order valence-electron chi connectivity index (χ4n) is 3.17. The van der Waals surface area contributed by atoms with Gasteiger partial charge < -0.3 is 14.6 Å². The van der Waals surface area contributed by atoms with Gasteiger partial charge in [-0.3, -0.25) is 23.5 Å². The van der Waals surface area contributed by atoms with Crippen molar-refractivity contribution in [2.45, 2.75) is 19.4 Å². The highest BCUT2D eigenvalue weighted by Crippen LogP contribution is 2.17. The van der Waals surface area contributed by atoms with Crippen LogP contribution in [-0.2, 0) is 30.2 Å². The minimum atomic E-state index is -0.908. The molecule has 1 amide bonds. The van der Waals surface area contributed by atoms with Crippen LogP contribution >= 0.6 is 0 Å². The summed E-state index contributed by atoms with van der Waals surface area (Å²) in [5, 5.41) is 9.13. The molecule has 0 bridgehead atoms. The number of carbonyl (C=O) groups is 2. The molecule has 1 saturated heterocycles. The lowest BCUT2D eigenvalue weighted by Crippen LogP contribution is -2.44. The van der Waals surface area contributed by atoms with Gasteiger partial charge in [0.05, 0.1) is 12.2 Å². The number of nitrogens with zero attached hydrogens (tertiary/aromatic N) is 5. The smallest absolute Gasteiger partial charge is 0.332 e. The molecule has 0 spiro atoms. The van der Waals surface area contributed by atoms with Crippen molar-refractivity contribution < 1.29 is 14.7 Å². The predicted molar refractivity (Wildman–Crippen MR) is 87.2 cm³/mol. The average Bonchev–Trinajstić information content (AvgIpc) is 3.01. The quantitative estimate of drug-likeness (QED) is 0.740. The van der Waals surface area contributed by atoms with Gasteiger partial charge >= 0.3 is 11.7 Å². The van der Waals surface area contributed by atoms with Crippen molar-refractivity contribution in [1.29, 1.82) is 0 Å². The van der Waals surface area contributed by atoms with Crippen molar-refractivity contribution in [3.8, 4) is 0 Å². The highest BCUT2D eigenvalue weighted by molar-refractivity contribution is 5.80. The zero-order chi connectivity index (χ0) is 18.3. The van der Waals surface area contributed by atoms with E-state index in [1.807, 2.05) is 0 Å². The standard InChI is InChI=1S/C15H19N5O5/c1-17-12-11(13(22)18(2)15(17)25)20(8-16-12)7-10(21)19-5-3-4-9(6-19)14(23)24/h8-9H,3-7H2,1-2H3,(H,23,24)/t9-/m1/s1. The van der Waals surface area contributed by atoms with Crippen molar-refractivity contribution in [1.82, 2.24) is 23.6 Å². The number of hydrogen-bond acceptors (Lipinski definition) is 5. The number of carbonyl (C=O) groups excluding carboxylic acids is 1. The number of aromatic nitrogens is 4. The molecule has 10 heteroatoms. The van der Waals surface area contributed by atoms with Crippen molar-refractivity contribution in [3.63, 3.8) is 0 Å². The van der Waals surface area contributed by atoms with Gasteiger partial charge in [0.1, 0.15) is 6.54 Å². The first-order valence-electron chi connectivity index (χ1n) is 7.92. The van der Waals surface area contributed by atoms with Crippen molar-refractivity contribution in [2.75, 3.05) is 13.1 Å². The summed E-state index contributed by atoms with van der Waals surface area (Å²) in [6.45, 7) is 0.527. The van der Waals surface area contributed by atoms with Gasteiger partial charge in [0, 0.05) is 27.2 Å². The van der Waals surface area contributed by atoms with Gasteiger partial charge in [-0.15, -0.1) is 0 Å². The monoisotopic (exact) mass is 349 g/mol. The first-order chi connectivity index (χ1) is 11.8. The van der Waals surface area contributed by atoms with Crippen LogP contribution in [-0.4, -0.2) is 53.7 Å². The van der Waals surface area contributed by atoms with E-state index in [-0.39, 0.29) is 30.2 Å². The Kier molecular flexibility index (Phi) is 4.19. The van der Waals surface area contributed by atoms with Crippen LogP contribution in [0.3, 0.4) is 0 Å². The van der Waals surface area contributed by atoms with Gasteiger partial charge in [-0.05, 0) is 12.8 Å². The Balaban J connectivity index is 1.91. The van der Waals surface area contributed by atoms with E-state index in [1.165, 1.54) is 34.5 Å². The van der Waals surface area contributed by atoms with Gasteiger partial charge in [0.25, 0.3) is 5.56 Å². The Morgan fingerprint density at radius 1 is 1.28 bits per heavy atom. The maximum Gasteiger partial charge on any atom is 0.332 e. The molecule has 1 aliphatic heterocycles. The molecular weight excluding hydrogens is 330 g/mol. The lowest BCUT2D eigenvalue weighted by Gasteiger charge is -2.30. The van der Waals surface area contributed by atoms with Crippen molar-refractivity contribution in [3.05, 3.63) is 27.2 Å². The fourth-order valence-corrected chi connectivity index (χ4v) is 3.17. The second-order valence-electron chi connectivity index (χ2n) is 6.27. The lowest BCUT2D eigenvalue weighted by molar-refractivity contribution is -0.145. The molecule has 0 aliphatic carbocycles. The number of aryl methyl sites for hydroxylation is 1. The van der Waals surface area contributed by atoms with E-state index in [0.717, 1.165) is 4.57 Å². The highest BCUT2D eigenvalue weighted by Gasteiger charge is 2.28. The van der Waals surface area contributed by atoms with Crippen LogP contribution in [0, 0.1) is 5.92 Å². The molecule has 0 radical (unpaired) electrons. The molecule has 10 nitrogen and oxygen atoms in total. The summed E-state index contributed by atoms with van der Waals surface area (Å²) in [6, 6.07) is 0. The minimum absolute atomic E-state index is 0.129. The molecule has 3 heterocycles. The average molecular weight is 349 g/mol. The number of amides is 1. The van der Waals surface area contributed by atoms with Crippen LogP contribution in [0.1, 0.15) is 12.8 Å². The first-order valence-corrected chi connectivity index (χ1v) is 7.92. The number of piperidine rings is 1. The Labute approximate surface area is 141 Å².